The molecule has 0 bridgehead atoms. The van der Waals surface area contributed by atoms with E-state index in [-0.39, 0.29) is 24.3 Å². The number of carbonyl (C=O) groups excluding carboxylic acids is 2. The number of ether oxygens (including phenoxy) is 1. The fraction of sp³-hybridized carbons (Fsp3) is 0.286. The monoisotopic (exact) mass is 395 g/mol. The zero-order valence-corrected chi connectivity index (χ0v) is 16.6. The van der Waals surface area contributed by atoms with Gasteiger partial charge in [-0.2, -0.15) is 0 Å². The summed E-state index contributed by atoms with van der Waals surface area (Å²) >= 11 is 1.45. The lowest BCUT2D eigenvalue weighted by atomic mass is 10.1. The maximum absolute atomic E-state index is 12.2. The molecule has 1 fully saturated rings. The molecule has 2 amide bonds. The van der Waals surface area contributed by atoms with Gasteiger partial charge in [-0.3, -0.25) is 14.9 Å². The summed E-state index contributed by atoms with van der Waals surface area (Å²) < 4.78 is 6.62. The molecule has 2 aromatic carbocycles. The van der Waals surface area contributed by atoms with Gasteiger partial charge in [0, 0.05) is 17.7 Å². The first-order valence-corrected chi connectivity index (χ1v) is 10.0. The lowest BCUT2D eigenvalue weighted by molar-refractivity contribution is -0.118. The van der Waals surface area contributed by atoms with Crippen LogP contribution in [0.15, 0.2) is 36.4 Å². The molecule has 0 unspecified atom stereocenters. The highest BCUT2D eigenvalue weighted by Gasteiger charge is 2.29. The summed E-state index contributed by atoms with van der Waals surface area (Å²) in [5.41, 5.74) is 3.84. The fourth-order valence-corrected chi connectivity index (χ4v) is 4.04. The predicted molar refractivity (Wildman–Crippen MR) is 111 cm³/mol. The van der Waals surface area contributed by atoms with Crippen molar-refractivity contribution < 1.29 is 14.3 Å². The molecule has 0 spiro atoms. The van der Waals surface area contributed by atoms with Crippen molar-refractivity contribution >= 4 is 44.2 Å². The van der Waals surface area contributed by atoms with Crippen molar-refractivity contribution in [2.45, 2.75) is 26.7 Å². The quantitative estimate of drug-likeness (QED) is 0.653. The van der Waals surface area contributed by atoms with Crippen LogP contribution in [0.4, 0.5) is 10.8 Å². The van der Waals surface area contributed by atoms with Gasteiger partial charge in [-0.15, -0.1) is 0 Å². The molecule has 6 nitrogen and oxygen atoms in total. The van der Waals surface area contributed by atoms with E-state index in [0.717, 1.165) is 28.6 Å². The number of hydrogen-bond acceptors (Lipinski definition) is 5. The Bertz CT molecular complexity index is 1060. The first-order valence-electron chi connectivity index (χ1n) is 9.19. The predicted octanol–water partition coefficient (Wildman–Crippen LogP) is 4.28. The topological polar surface area (TPSA) is 80.3 Å². The molecule has 3 aromatic rings. The third kappa shape index (κ3) is 4.31. The zero-order chi connectivity index (χ0) is 19.7. The lowest BCUT2D eigenvalue weighted by Gasteiger charge is -2.08. The number of benzene rings is 2. The van der Waals surface area contributed by atoms with Gasteiger partial charge in [-0.1, -0.05) is 23.5 Å². The molecular weight excluding hydrogens is 374 g/mol. The molecule has 0 aliphatic heterocycles. The van der Waals surface area contributed by atoms with Crippen LogP contribution in [0, 0.1) is 19.8 Å². The van der Waals surface area contributed by atoms with Crippen LogP contribution in [0.25, 0.3) is 10.2 Å². The molecule has 0 atom stereocenters. The Balaban J connectivity index is 1.35. The molecule has 1 aliphatic carbocycles. The molecule has 144 valence electrons. The molecule has 1 saturated carbocycles. The Labute approximate surface area is 166 Å². The van der Waals surface area contributed by atoms with Gasteiger partial charge in [0.25, 0.3) is 5.91 Å². The Morgan fingerprint density at radius 3 is 2.79 bits per heavy atom. The largest absolute Gasteiger partial charge is 0.484 e. The van der Waals surface area contributed by atoms with E-state index in [2.05, 4.69) is 27.8 Å². The first-order chi connectivity index (χ1) is 13.5. The van der Waals surface area contributed by atoms with Crippen LogP contribution >= 0.6 is 11.3 Å². The van der Waals surface area contributed by atoms with Crippen molar-refractivity contribution in [3.05, 3.63) is 47.5 Å². The van der Waals surface area contributed by atoms with Crippen LogP contribution in [0.2, 0.25) is 0 Å². The highest BCUT2D eigenvalue weighted by atomic mass is 32.1. The van der Waals surface area contributed by atoms with Crippen molar-refractivity contribution in [3.63, 3.8) is 0 Å². The molecule has 1 aromatic heterocycles. The van der Waals surface area contributed by atoms with Crippen molar-refractivity contribution in [2.24, 2.45) is 5.92 Å². The van der Waals surface area contributed by atoms with E-state index in [1.165, 1.54) is 16.9 Å². The number of hydrogen-bond donors (Lipinski definition) is 2. The summed E-state index contributed by atoms with van der Waals surface area (Å²) in [7, 11) is 0. The van der Waals surface area contributed by atoms with Gasteiger partial charge in [0.2, 0.25) is 5.91 Å². The first kappa shape index (κ1) is 18.4. The maximum atomic E-state index is 12.2. The number of thiazole rings is 1. The Morgan fingerprint density at radius 2 is 2.00 bits per heavy atom. The van der Waals surface area contributed by atoms with Crippen molar-refractivity contribution in [2.75, 3.05) is 17.2 Å². The molecule has 1 aliphatic rings. The third-order valence-electron chi connectivity index (χ3n) is 4.50. The van der Waals surface area contributed by atoms with Gasteiger partial charge in [0.15, 0.2) is 11.7 Å². The van der Waals surface area contributed by atoms with Gasteiger partial charge in [-0.05, 0) is 56.0 Å². The number of fused-ring (bicyclic) bond motifs is 1. The second kappa shape index (κ2) is 7.59. The summed E-state index contributed by atoms with van der Waals surface area (Å²) in [6, 6.07) is 11.2. The Hall–Kier alpha value is -2.93. The SMILES string of the molecule is Cc1cc(C)c2nc(NC(=O)COc3cccc(NC(=O)C4CC4)c3)sc2c1. The standard InChI is InChI=1S/C21H21N3O3S/c1-12-8-13(2)19-17(9-12)28-21(24-19)23-18(25)11-27-16-5-3-4-15(10-16)22-20(26)14-6-7-14/h3-5,8-10,14H,6-7,11H2,1-2H3,(H,22,26)(H,23,24,25). The fourth-order valence-electron chi connectivity index (χ4n) is 2.98. The normalized spacial score (nSPS) is 13.4. The number of rotatable bonds is 6. The number of amides is 2. The van der Waals surface area contributed by atoms with Gasteiger partial charge in [-0.25, -0.2) is 4.98 Å². The molecule has 28 heavy (non-hydrogen) atoms. The average molecular weight is 395 g/mol. The number of carbonyl (C=O) groups is 2. The van der Waals surface area contributed by atoms with Crippen molar-refractivity contribution in [1.82, 2.24) is 4.98 Å². The van der Waals surface area contributed by atoms with E-state index in [1.807, 2.05) is 13.8 Å². The summed E-state index contributed by atoms with van der Waals surface area (Å²) in [4.78, 5) is 28.6. The maximum Gasteiger partial charge on any atom is 0.264 e. The second-order valence-corrected chi connectivity index (χ2v) is 8.11. The van der Waals surface area contributed by atoms with E-state index >= 15 is 0 Å². The van der Waals surface area contributed by atoms with Crippen molar-refractivity contribution in [1.29, 1.82) is 0 Å². The van der Waals surface area contributed by atoms with E-state index in [1.54, 1.807) is 24.3 Å². The summed E-state index contributed by atoms with van der Waals surface area (Å²) in [5.74, 6) is 0.424. The van der Waals surface area contributed by atoms with Crippen LogP contribution in [-0.4, -0.2) is 23.4 Å². The van der Waals surface area contributed by atoms with Gasteiger partial charge in [0.05, 0.1) is 10.2 Å². The van der Waals surface area contributed by atoms with Gasteiger partial charge in [0.1, 0.15) is 5.75 Å². The zero-order valence-electron chi connectivity index (χ0n) is 15.7. The van der Waals surface area contributed by atoms with Gasteiger partial charge >= 0.3 is 0 Å². The summed E-state index contributed by atoms with van der Waals surface area (Å²) in [6.07, 6.45) is 1.90. The highest BCUT2D eigenvalue weighted by Crippen LogP contribution is 2.31. The van der Waals surface area contributed by atoms with Crippen LogP contribution in [0.3, 0.4) is 0 Å². The minimum absolute atomic E-state index is 0.0382. The van der Waals surface area contributed by atoms with E-state index < -0.39 is 0 Å². The summed E-state index contributed by atoms with van der Waals surface area (Å²) in [6.45, 7) is 3.92. The number of aromatic nitrogens is 1. The number of anilines is 2. The second-order valence-electron chi connectivity index (χ2n) is 7.08. The minimum Gasteiger partial charge on any atom is -0.484 e. The number of aryl methyl sites for hydroxylation is 2. The molecule has 2 N–H and O–H groups in total. The number of nitrogens with zero attached hydrogens (tertiary/aromatic N) is 1. The van der Waals surface area contributed by atoms with E-state index in [4.69, 9.17) is 4.74 Å². The Morgan fingerprint density at radius 1 is 1.18 bits per heavy atom. The third-order valence-corrected chi connectivity index (χ3v) is 5.41. The van der Waals surface area contributed by atoms with E-state index in [0.29, 0.717) is 16.6 Å². The average Bonchev–Trinajstić information content (AvgIpc) is 3.42. The number of nitrogens with one attached hydrogen (secondary N) is 2. The van der Waals surface area contributed by atoms with Crippen LogP contribution < -0.4 is 15.4 Å². The van der Waals surface area contributed by atoms with Gasteiger partial charge < -0.3 is 10.1 Å². The van der Waals surface area contributed by atoms with Crippen LogP contribution in [-0.2, 0) is 9.59 Å². The minimum atomic E-state index is -0.277. The smallest absolute Gasteiger partial charge is 0.264 e. The molecule has 0 saturated heterocycles. The highest BCUT2D eigenvalue weighted by molar-refractivity contribution is 7.22. The van der Waals surface area contributed by atoms with Crippen LogP contribution in [0.1, 0.15) is 24.0 Å². The summed E-state index contributed by atoms with van der Waals surface area (Å²) in [5, 5.41) is 6.22. The van der Waals surface area contributed by atoms with Crippen molar-refractivity contribution in [3.8, 4) is 5.75 Å². The molecule has 7 heteroatoms. The molecule has 0 radical (unpaired) electrons. The Kier molecular flexibility index (Phi) is 5.00. The molecular formula is C21H21N3O3S. The van der Waals surface area contributed by atoms with E-state index in [9.17, 15) is 9.59 Å². The molecule has 1 heterocycles. The lowest BCUT2D eigenvalue weighted by Crippen LogP contribution is -2.20. The van der Waals surface area contributed by atoms with Crippen LogP contribution in [0.5, 0.6) is 5.75 Å². The molecule has 4 rings (SSSR count).